The van der Waals surface area contributed by atoms with Gasteiger partial charge in [0.1, 0.15) is 11.3 Å². The van der Waals surface area contributed by atoms with Crippen molar-refractivity contribution in [2.45, 2.75) is 0 Å². The number of rotatable bonds is 1. The highest BCUT2D eigenvalue weighted by molar-refractivity contribution is 8.04. The SMILES string of the molecule is C1CS[C](N2CCOCS2)CN1. The number of nitrogens with one attached hydrogen (secondary N) is 1. The highest BCUT2D eigenvalue weighted by Crippen LogP contribution is 2.32. The molecule has 2 aliphatic rings. The highest BCUT2D eigenvalue weighted by Gasteiger charge is 2.24. The van der Waals surface area contributed by atoms with Gasteiger partial charge in [-0.15, -0.1) is 11.8 Å². The third-order valence-corrected chi connectivity index (χ3v) is 4.04. The molecule has 2 saturated heterocycles. The van der Waals surface area contributed by atoms with E-state index in [1.54, 1.807) is 11.9 Å². The van der Waals surface area contributed by atoms with E-state index in [-0.39, 0.29) is 0 Å². The lowest BCUT2D eigenvalue weighted by atomic mass is 10.5. The molecule has 0 aromatic heterocycles. The van der Waals surface area contributed by atoms with E-state index in [1.807, 2.05) is 11.8 Å². The Balaban J connectivity index is 1.80. The van der Waals surface area contributed by atoms with E-state index in [0.717, 1.165) is 32.2 Å². The van der Waals surface area contributed by atoms with Crippen molar-refractivity contribution in [1.29, 1.82) is 0 Å². The first-order valence-electron chi connectivity index (χ1n) is 4.14. The highest BCUT2D eigenvalue weighted by atomic mass is 32.2. The first-order valence-corrected chi connectivity index (χ1v) is 6.07. The second-order valence-corrected chi connectivity index (χ2v) is 4.78. The smallest absolute Gasteiger partial charge is 0.119 e. The Hall–Kier alpha value is 0.580. The molecule has 0 amide bonds. The molecule has 0 aromatic rings. The number of hydrogen-bond acceptors (Lipinski definition) is 5. The lowest BCUT2D eigenvalue weighted by molar-refractivity contribution is 0.153. The summed E-state index contributed by atoms with van der Waals surface area (Å²) in [5.74, 6) is 2.01. The molecule has 2 fully saturated rings. The van der Waals surface area contributed by atoms with Crippen LogP contribution in [0.1, 0.15) is 0 Å². The molecule has 2 rings (SSSR count). The Kier molecular flexibility index (Phi) is 3.59. The Morgan fingerprint density at radius 2 is 2.50 bits per heavy atom. The fourth-order valence-electron chi connectivity index (χ4n) is 1.22. The third kappa shape index (κ3) is 2.29. The quantitative estimate of drug-likeness (QED) is 0.637. The van der Waals surface area contributed by atoms with E-state index < -0.39 is 0 Å². The molecule has 3 nitrogen and oxygen atoms in total. The summed E-state index contributed by atoms with van der Waals surface area (Å²) in [6.07, 6.45) is 0. The summed E-state index contributed by atoms with van der Waals surface area (Å²) in [4.78, 5) is 0. The molecule has 0 aliphatic carbocycles. The molecule has 0 unspecified atom stereocenters. The van der Waals surface area contributed by atoms with Gasteiger partial charge < -0.3 is 10.1 Å². The van der Waals surface area contributed by atoms with Crippen molar-refractivity contribution in [3.8, 4) is 0 Å². The second kappa shape index (κ2) is 4.72. The van der Waals surface area contributed by atoms with Crippen LogP contribution in [-0.4, -0.2) is 42.2 Å². The summed E-state index contributed by atoms with van der Waals surface area (Å²) in [5, 5.41) is 4.85. The first kappa shape index (κ1) is 9.15. The van der Waals surface area contributed by atoms with Crippen molar-refractivity contribution in [3.05, 3.63) is 5.37 Å². The van der Waals surface area contributed by atoms with Crippen LogP contribution in [0.4, 0.5) is 0 Å². The minimum absolute atomic E-state index is 0.810. The molecule has 12 heavy (non-hydrogen) atoms. The molecule has 2 aliphatic heterocycles. The standard InChI is InChI=1S/C7H13N2OS2/c1-4-11-7(5-8-1)9-2-3-10-6-12-9/h8H,1-6H2. The van der Waals surface area contributed by atoms with Gasteiger partial charge in [0.2, 0.25) is 0 Å². The Bertz CT molecular complexity index is 119. The van der Waals surface area contributed by atoms with Crippen LogP contribution in [0.25, 0.3) is 0 Å². The molecule has 2 heterocycles. The molecule has 0 bridgehead atoms. The van der Waals surface area contributed by atoms with Gasteiger partial charge in [0, 0.05) is 25.4 Å². The van der Waals surface area contributed by atoms with E-state index in [1.165, 1.54) is 11.1 Å². The van der Waals surface area contributed by atoms with Gasteiger partial charge in [-0.05, 0) is 11.9 Å². The van der Waals surface area contributed by atoms with Gasteiger partial charge in [0.15, 0.2) is 0 Å². The Labute approximate surface area is 81.7 Å². The normalized spacial score (nSPS) is 29.0. The number of hydrogen-bond donors (Lipinski definition) is 1. The molecule has 0 atom stereocenters. The fourth-order valence-corrected chi connectivity index (χ4v) is 3.19. The monoisotopic (exact) mass is 205 g/mol. The maximum absolute atomic E-state index is 5.27. The average molecular weight is 205 g/mol. The van der Waals surface area contributed by atoms with Crippen LogP contribution >= 0.6 is 23.7 Å². The van der Waals surface area contributed by atoms with Crippen molar-refractivity contribution in [2.24, 2.45) is 0 Å². The summed E-state index contributed by atoms with van der Waals surface area (Å²) in [7, 11) is 0. The van der Waals surface area contributed by atoms with Gasteiger partial charge in [0.05, 0.1) is 6.61 Å². The summed E-state index contributed by atoms with van der Waals surface area (Å²) < 4.78 is 7.63. The summed E-state index contributed by atoms with van der Waals surface area (Å²) >= 11 is 3.76. The molecule has 0 aromatic carbocycles. The van der Waals surface area contributed by atoms with E-state index >= 15 is 0 Å². The molecule has 1 N–H and O–H groups in total. The van der Waals surface area contributed by atoms with Gasteiger partial charge in [-0.25, -0.2) is 4.31 Å². The fraction of sp³-hybridized carbons (Fsp3) is 0.857. The van der Waals surface area contributed by atoms with Crippen molar-refractivity contribution < 1.29 is 4.74 Å². The minimum Gasteiger partial charge on any atom is -0.368 e. The van der Waals surface area contributed by atoms with Gasteiger partial charge in [-0.3, -0.25) is 0 Å². The summed E-state index contributed by atoms with van der Waals surface area (Å²) in [6, 6.07) is 0. The Morgan fingerprint density at radius 3 is 3.17 bits per heavy atom. The van der Waals surface area contributed by atoms with Crippen LogP contribution in [0, 0.1) is 5.37 Å². The largest absolute Gasteiger partial charge is 0.368 e. The van der Waals surface area contributed by atoms with Gasteiger partial charge in [-0.2, -0.15) is 0 Å². The Morgan fingerprint density at radius 1 is 1.50 bits per heavy atom. The summed E-state index contributed by atoms with van der Waals surface area (Å²) in [5.41, 5.74) is 0. The van der Waals surface area contributed by atoms with Crippen LogP contribution < -0.4 is 5.32 Å². The van der Waals surface area contributed by atoms with Crippen LogP contribution in [-0.2, 0) is 4.74 Å². The second-order valence-electron chi connectivity index (χ2n) is 2.68. The maximum atomic E-state index is 5.27. The average Bonchev–Trinajstić information content (AvgIpc) is 2.21. The third-order valence-electron chi connectivity index (χ3n) is 1.83. The minimum atomic E-state index is 0.810. The molecular weight excluding hydrogens is 192 g/mol. The van der Waals surface area contributed by atoms with Crippen molar-refractivity contribution in [2.75, 3.05) is 37.9 Å². The van der Waals surface area contributed by atoms with Crippen molar-refractivity contribution in [1.82, 2.24) is 9.62 Å². The van der Waals surface area contributed by atoms with Crippen molar-refractivity contribution >= 4 is 23.7 Å². The van der Waals surface area contributed by atoms with E-state index in [4.69, 9.17) is 4.74 Å². The lowest BCUT2D eigenvalue weighted by Gasteiger charge is -2.34. The molecule has 69 valence electrons. The number of ether oxygens (including phenoxy) is 1. The van der Waals surface area contributed by atoms with Crippen LogP contribution in [0.5, 0.6) is 0 Å². The summed E-state index contributed by atoms with van der Waals surface area (Å²) in [6.45, 7) is 4.09. The molecular formula is C7H13N2OS2. The zero-order chi connectivity index (χ0) is 8.23. The van der Waals surface area contributed by atoms with E-state index in [2.05, 4.69) is 9.62 Å². The molecule has 1 radical (unpaired) electrons. The molecule has 5 heteroatoms. The lowest BCUT2D eigenvalue weighted by Crippen LogP contribution is -2.38. The molecule has 0 saturated carbocycles. The van der Waals surface area contributed by atoms with E-state index in [0.29, 0.717) is 0 Å². The van der Waals surface area contributed by atoms with Gasteiger partial charge >= 0.3 is 0 Å². The predicted octanol–water partition coefficient (Wildman–Crippen LogP) is 0.750. The maximum Gasteiger partial charge on any atom is 0.119 e. The topological polar surface area (TPSA) is 24.5 Å². The number of thioether (sulfide) groups is 1. The zero-order valence-corrected chi connectivity index (χ0v) is 8.55. The number of nitrogens with zero attached hydrogens (tertiary/aromatic N) is 1. The van der Waals surface area contributed by atoms with Crippen LogP contribution in [0.3, 0.4) is 0 Å². The van der Waals surface area contributed by atoms with Crippen molar-refractivity contribution in [3.63, 3.8) is 0 Å². The van der Waals surface area contributed by atoms with Crippen LogP contribution in [0.15, 0.2) is 0 Å². The van der Waals surface area contributed by atoms with Crippen LogP contribution in [0.2, 0.25) is 0 Å². The predicted molar refractivity (Wildman–Crippen MR) is 53.7 cm³/mol. The molecule has 0 spiro atoms. The van der Waals surface area contributed by atoms with E-state index in [9.17, 15) is 0 Å². The first-order chi connectivity index (χ1) is 5.97. The van der Waals surface area contributed by atoms with Gasteiger partial charge in [-0.1, -0.05) is 0 Å². The zero-order valence-electron chi connectivity index (χ0n) is 6.91. The van der Waals surface area contributed by atoms with Gasteiger partial charge in [0.25, 0.3) is 0 Å².